The molecule has 40 heteroatoms. The third-order valence-corrected chi connectivity index (χ3v) is 35.1. The van der Waals surface area contributed by atoms with Gasteiger partial charge < -0.3 is 61.6 Å². The lowest BCUT2D eigenvalue weighted by Gasteiger charge is -2.20. The van der Waals surface area contributed by atoms with Crippen LogP contribution in [0.5, 0.6) is 23.0 Å². The minimum atomic E-state index is -0.602. The molecule has 0 radical (unpaired) electrons. The molecular formula is C91H85Cl6N9O10S15. The van der Waals surface area contributed by atoms with Gasteiger partial charge in [0.1, 0.15) is 45.2 Å². The first kappa shape index (κ1) is 109. The van der Waals surface area contributed by atoms with Crippen molar-refractivity contribution in [3.05, 3.63) is 314 Å². The number of aromatic hydroxyl groups is 3. The number of carbonyl (C=O) groups excluding carboxylic acids is 2. The molecule has 0 aliphatic heterocycles. The lowest BCUT2D eigenvalue weighted by molar-refractivity contribution is -0.153. The number of methoxy groups -OCH3 is 1. The van der Waals surface area contributed by atoms with E-state index in [0.717, 1.165) is 83.8 Å². The molecule has 131 heavy (non-hydrogen) atoms. The monoisotopic (exact) mass is 2150 g/mol. The van der Waals surface area contributed by atoms with E-state index in [0.29, 0.717) is 52.6 Å². The highest BCUT2D eigenvalue weighted by Gasteiger charge is 2.27. The number of oxazole rings is 1. The number of halogens is 6. The molecule has 0 saturated carbocycles. The van der Waals surface area contributed by atoms with Gasteiger partial charge in [-0.15, -0.1) is 0 Å². The summed E-state index contributed by atoms with van der Waals surface area (Å²) in [5.74, 6) is 2.21. The molecule has 0 fully saturated rings. The van der Waals surface area contributed by atoms with Crippen LogP contribution in [0.15, 0.2) is 330 Å². The van der Waals surface area contributed by atoms with E-state index in [-0.39, 0.29) is 54.9 Å². The van der Waals surface area contributed by atoms with E-state index in [9.17, 15) is 19.8 Å². The van der Waals surface area contributed by atoms with Crippen molar-refractivity contribution < 1.29 is 48.6 Å². The summed E-state index contributed by atoms with van der Waals surface area (Å²) in [5.41, 5.74) is 22.7. The summed E-state index contributed by atoms with van der Waals surface area (Å²) in [4.78, 5) is 54.9. The molecule has 3 heterocycles. The Hall–Kier alpha value is -6.92. The van der Waals surface area contributed by atoms with Crippen molar-refractivity contribution in [2.24, 2.45) is 5.41 Å². The number of phenols is 3. The summed E-state index contributed by atoms with van der Waals surface area (Å²) >= 11 is 41.1. The number of aliphatic hydroxyl groups excluding tert-OH is 1. The van der Waals surface area contributed by atoms with Gasteiger partial charge in [0.2, 0.25) is 11.9 Å². The summed E-state index contributed by atoms with van der Waals surface area (Å²) in [5, 5.41) is 44.1. The minimum absolute atomic E-state index is 0.0986. The van der Waals surface area contributed by atoms with Crippen LogP contribution in [0.25, 0.3) is 11.1 Å². The largest absolute Gasteiger partial charge is 0.508 e. The maximum Gasteiger partial charge on any atom is 0.412 e. The maximum atomic E-state index is 11.8. The Morgan fingerprint density at radius 3 is 1.34 bits per heavy atom. The van der Waals surface area contributed by atoms with Crippen molar-refractivity contribution in [2.75, 3.05) is 49.8 Å². The number of amides is 1. The van der Waals surface area contributed by atoms with Crippen molar-refractivity contribution in [2.45, 2.75) is 112 Å². The molecule has 1 amide bonds. The number of benzene rings is 11. The van der Waals surface area contributed by atoms with E-state index in [4.69, 9.17) is 128 Å². The Bertz CT molecular complexity index is 5740. The van der Waals surface area contributed by atoms with Gasteiger partial charge in [0.25, 0.3) is 5.22 Å². The normalized spacial score (nSPS) is 10.6. The van der Waals surface area contributed by atoms with Crippen LogP contribution >= 0.6 is 233 Å². The molecule has 3 aromatic heterocycles. The van der Waals surface area contributed by atoms with Gasteiger partial charge >= 0.3 is 12.1 Å². The van der Waals surface area contributed by atoms with E-state index in [1.807, 2.05) is 186 Å². The lowest BCUT2D eigenvalue weighted by atomic mass is 9.91. The summed E-state index contributed by atoms with van der Waals surface area (Å²) in [6.07, 6.45) is 0.0814. The van der Waals surface area contributed by atoms with E-state index >= 15 is 0 Å². The van der Waals surface area contributed by atoms with Crippen LogP contribution in [-0.2, 0) is 14.3 Å². The van der Waals surface area contributed by atoms with Crippen molar-refractivity contribution in [1.29, 1.82) is 0 Å². The molecular weight excluding hydrogens is 2070 g/mol. The Kier molecular flexibility index (Phi) is 49.4. The number of aromatic nitrogens is 5. The second-order valence-corrected chi connectivity index (χ2v) is 45.3. The number of nitrogens with two attached hydrogens (primary N) is 3. The highest BCUT2D eigenvalue weighted by atomic mass is 35.5. The number of esters is 1. The van der Waals surface area contributed by atoms with Gasteiger partial charge in [-0.2, -0.15) is 0 Å². The van der Waals surface area contributed by atoms with Crippen LogP contribution in [-0.4, -0.2) is 95.1 Å². The average molecular weight is 2160 g/mol. The first-order chi connectivity index (χ1) is 62.9. The molecule has 14 rings (SSSR count). The zero-order valence-electron chi connectivity index (χ0n) is 70.5. The van der Waals surface area contributed by atoms with Crippen molar-refractivity contribution in [3.8, 4) is 23.0 Å². The Morgan fingerprint density at radius 2 is 0.870 bits per heavy atom. The number of nitrogens with zero attached hydrogens (tertiary/aromatic N) is 5. The fourth-order valence-corrected chi connectivity index (χ4v) is 24.7. The average Bonchev–Trinajstić information content (AvgIpc) is 1.53. The van der Waals surface area contributed by atoms with Gasteiger partial charge in [-0.1, -0.05) is 245 Å². The summed E-state index contributed by atoms with van der Waals surface area (Å²) in [6.45, 7) is 11.9. The fourth-order valence-electron chi connectivity index (χ4n) is 9.18. The highest BCUT2D eigenvalue weighted by molar-refractivity contribution is 8.78. The van der Waals surface area contributed by atoms with Crippen LogP contribution in [0.1, 0.15) is 49.7 Å². The lowest BCUT2D eigenvalue weighted by Crippen LogP contribution is -2.33. The van der Waals surface area contributed by atoms with E-state index in [2.05, 4.69) is 73.6 Å². The van der Waals surface area contributed by atoms with Gasteiger partial charge in [-0.3, -0.25) is 4.79 Å². The minimum Gasteiger partial charge on any atom is -0.508 e. The number of para-hydroxylation sites is 2. The molecule has 11 N–H and O–H groups in total. The summed E-state index contributed by atoms with van der Waals surface area (Å²) in [6, 6.07) is 80.9. The van der Waals surface area contributed by atoms with E-state index < -0.39 is 11.5 Å². The van der Waals surface area contributed by atoms with Crippen molar-refractivity contribution in [3.63, 3.8) is 0 Å². The standard InChI is InChI=1S/C21H25NO5S2.C14H11NOS2.C14H12O2S3.C12H4Cl6S2.C12H11NS2.C10H12N6S2.C8H10O2S2/c1-4-21(2,3)19(24)26-14-13-22-20(25)27-16-7-11-18(12-8-16)29-28-17-9-5-15(23)6-10-17;1-10-6-8-11(9-7-10)17-18-14-15-12-4-2-3-5-13(12)16-14;1-16-14(17)12-4-2-3-5-13(12)19-18-11-8-6-10(15)7-9-11;13-5-1-9(17)11(3-7(5)15)19-20-12-4-8(16)6(14)2-10(12)18;13-10-6-8-12(9-7-10)15-14-11-4-2-1-3-5-11;1-5-3-7(15-9(11)13-5)17-18-8-4-6(2)14-10(12)16-8;9-5-6-11-12-8-3-1-7(10)2-4-8/h5-12,23H,4,13-14H2,1-3H3,(H,22,25);2-9H,1H3;2-9,15H,1H3;1-4H;1-9H,13H2;3-4H,1-2H3,(H2,11,13,15)(H2,12,14,16);1-4,9-10H,5-6H2. The number of aryl methyl sites for hydroxylation is 3. The molecule has 0 spiro atoms. The van der Waals surface area contributed by atoms with Crippen LogP contribution in [0.2, 0.25) is 30.1 Å². The van der Waals surface area contributed by atoms with Gasteiger partial charge in [0, 0.05) is 88.1 Å². The molecule has 14 aromatic rings. The van der Waals surface area contributed by atoms with E-state index in [1.165, 1.54) is 63.4 Å². The summed E-state index contributed by atoms with van der Waals surface area (Å²) < 4.78 is 21.1. The van der Waals surface area contributed by atoms with Crippen molar-refractivity contribution >= 4 is 279 Å². The number of fused-ring (bicyclic) bond motifs is 1. The number of rotatable bonds is 29. The number of carbonyl (C=O) groups is 2. The number of hydrogen-bond acceptors (Lipinski definition) is 33. The molecule has 11 aromatic carbocycles. The first-order valence-corrected chi connectivity index (χ1v) is 56.4. The van der Waals surface area contributed by atoms with Crippen LogP contribution in [0.4, 0.5) is 22.4 Å². The maximum absolute atomic E-state index is 11.8. The Morgan fingerprint density at radius 1 is 0.458 bits per heavy atom. The van der Waals surface area contributed by atoms with Gasteiger partial charge in [-0.25, -0.2) is 29.7 Å². The van der Waals surface area contributed by atoms with Crippen molar-refractivity contribution in [1.82, 2.24) is 30.2 Å². The molecule has 686 valence electrons. The fraction of sp³-hybridized carbons (Fsp3) is 0.143. The number of hydrogen-bond donors (Lipinski definition) is 8. The SMILES string of the molecule is CCC(C)(C)C(=O)OCCNC(=O)Oc1ccc(SSc2ccc(O)cc2)cc1.COC(=S)c1ccccc1SSc1ccc(O)cc1.Cc1cc(SSc2cc(C)nc(N)n2)nc(N)n1.Cc1ccc(SSc2nc3ccccc3o2)cc1.Clc1cc(Cl)c(SSc2cc(Cl)c(Cl)cc2Cl)cc1Cl.Nc1ccc(SSc2ccccc2)cc1.OCCSSc1ccc(O)cc1. The number of thiocarbonyl (C=S) groups is 1. The van der Waals surface area contributed by atoms with Crippen LogP contribution < -0.4 is 27.3 Å². The first-order valence-electron chi connectivity index (χ1n) is 38.5. The third kappa shape index (κ3) is 41.7. The molecule has 0 atom stereocenters. The predicted molar refractivity (Wildman–Crippen MR) is 568 cm³/mol. The second-order valence-electron chi connectivity index (χ2n) is 26.7. The molecule has 0 saturated heterocycles. The van der Waals surface area contributed by atoms with E-state index in [1.54, 1.807) is 188 Å². The van der Waals surface area contributed by atoms with Crippen LogP contribution in [0, 0.1) is 26.2 Å². The second kappa shape index (κ2) is 59.2. The number of ether oxygens (including phenoxy) is 3. The molecule has 0 aliphatic carbocycles. The number of nitrogen functional groups attached to an aromatic ring is 3. The highest BCUT2D eigenvalue weighted by Crippen LogP contribution is 2.48. The topological polar surface area (TPSA) is 310 Å². The third-order valence-electron chi connectivity index (χ3n) is 16.1. The number of anilines is 3. The zero-order valence-corrected chi connectivity index (χ0v) is 87.2. The van der Waals surface area contributed by atoms with Gasteiger partial charge in [0.05, 0.1) is 55.8 Å². The Labute approximate surface area is 852 Å². The molecule has 0 bridgehead atoms. The summed E-state index contributed by atoms with van der Waals surface area (Å²) in [7, 11) is 23.6. The van der Waals surface area contributed by atoms with Gasteiger partial charge in [-0.05, 0) is 292 Å². The zero-order chi connectivity index (χ0) is 94.6. The Balaban J connectivity index is 0.000000191. The molecule has 0 aliphatic rings. The number of phenolic OH excluding ortho intramolecular Hbond substituents is 3. The number of aliphatic hydroxyl groups is 1. The smallest absolute Gasteiger partial charge is 0.412 e. The predicted octanol–water partition coefficient (Wildman–Crippen LogP) is 31.2. The number of nitrogens with one attached hydrogen (secondary N) is 1. The quantitative estimate of drug-likeness (QED) is 0.00411. The van der Waals surface area contributed by atoms with Gasteiger partial charge in [0.15, 0.2) is 10.6 Å². The molecule has 19 nitrogen and oxygen atoms in total. The molecule has 0 unspecified atom stereocenters. The van der Waals surface area contributed by atoms with Crippen LogP contribution in [0.3, 0.4) is 0 Å².